The van der Waals surface area contributed by atoms with E-state index in [-0.39, 0.29) is 20.7 Å². The Morgan fingerprint density at radius 2 is 1.87 bits per heavy atom. The zero-order chi connectivity index (χ0) is 22.0. The quantitative estimate of drug-likeness (QED) is 0.320. The normalized spacial score (nSPS) is 15.6. The second-order valence-corrected chi connectivity index (χ2v) is 8.44. The van der Waals surface area contributed by atoms with Crippen LogP contribution in [0.5, 0.6) is 0 Å². The molecule has 3 rings (SSSR count). The van der Waals surface area contributed by atoms with Gasteiger partial charge in [-0.15, -0.1) is 0 Å². The molecule has 1 aliphatic heterocycles. The molecule has 0 unspecified atom stereocenters. The van der Waals surface area contributed by atoms with Gasteiger partial charge in [0.15, 0.2) is 5.11 Å². The highest BCUT2D eigenvalue weighted by Gasteiger charge is 2.35. The number of nitrogens with one attached hydrogen (secondary N) is 1. The highest BCUT2D eigenvalue weighted by Crippen LogP contribution is 2.35. The summed E-state index contributed by atoms with van der Waals surface area (Å²) in [5.41, 5.74) is 1.99. The first-order valence-corrected chi connectivity index (χ1v) is 11.1. The van der Waals surface area contributed by atoms with Gasteiger partial charge < -0.3 is 4.90 Å². The summed E-state index contributed by atoms with van der Waals surface area (Å²) in [6.45, 7) is 5.89. The van der Waals surface area contributed by atoms with Crippen LogP contribution in [0.4, 0.5) is 11.4 Å². The maximum atomic E-state index is 13.2. The van der Waals surface area contributed by atoms with Gasteiger partial charge in [0.2, 0.25) is 0 Å². The van der Waals surface area contributed by atoms with E-state index < -0.39 is 11.8 Å². The number of thiocarbonyl (C=S) groups is 1. The molecule has 2 amide bonds. The number of anilines is 2. The van der Waals surface area contributed by atoms with Crippen LogP contribution >= 0.6 is 51.3 Å². The average Bonchev–Trinajstić information content (AvgIpc) is 2.70. The summed E-state index contributed by atoms with van der Waals surface area (Å²) in [6, 6.07) is 10.5. The monoisotopic (exact) mass is 525 g/mol. The number of amides is 2. The second kappa shape index (κ2) is 9.47. The average molecular weight is 527 g/mol. The Labute approximate surface area is 198 Å². The summed E-state index contributed by atoms with van der Waals surface area (Å²) in [5.74, 6) is -1.14. The fourth-order valence-electron chi connectivity index (χ4n) is 3.14. The van der Waals surface area contributed by atoms with E-state index in [1.165, 1.54) is 11.0 Å². The maximum Gasteiger partial charge on any atom is 0.270 e. The topological polar surface area (TPSA) is 52.7 Å². The summed E-state index contributed by atoms with van der Waals surface area (Å²) in [6.07, 6.45) is 1.53. The fraction of sp³-hybridized carbons (Fsp3) is 0.190. The molecule has 2 aromatic rings. The molecule has 1 fully saturated rings. The molecule has 9 heteroatoms. The molecule has 0 radical (unpaired) electrons. The largest absolute Gasteiger partial charge is 0.371 e. The molecule has 0 bridgehead atoms. The third kappa shape index (κ3) is 4.39. The SMILES string of the molecule is CCN(CC)c1ccc(/C=C2\C(=O)NC(=S)N(c3cccc(Cl)c3Cl)C2=O)cc1Br. The smallest absolute Gasteiger partial charge is 0.270 e. The lowest BCUT2D eigenvalue weighted by atomic mass is 10.1. The predicted molar refractivity (Wildman–Crippen MR) is 130 cm³/mol. The first-order valence-electron chi connectivity index (χ1n) is 9.18. The van der Waals surface area contributed by atoms with E-state index in [1.807, 2.05) is 18.2 Å². The first kappa shape index (κ1) is 22.7. The molecule has 0 atom stereocenters. The maximum absolute atomic E-state index is 13.2. The Kier molecular flexibility index (Phi) is 7.18. The minimum Gasteiger partial charge on any atom is -0.371 e. The Hall–Kier alpha value is -1.93. The lowest BCUT2D eigenvalue weighted by molar-refractivity contribution is -0.122. The molecule has 1 aliphatic rings. The molecule has 2 aromatic carbocycles. The Morgan fingerprint density at radius 3 is 2.50 bits per heavy atom. The van der Waals surface area contributed by atoms with Crippen LogP contribution in [0.25, 0.3) is 6.08 Å². The van der Waals surface area contributed by atoms with E-state index in [0.29, 0.717) is 11.3 Å². The molecule has 0 aliphatic carbocycles. The van der Waals surface area contributed by atoms with Crippen molar-refractivity contribution in [3.8, 4) is 0 Å². The van der Waals surface area contributed by atoms with Crippen LogP contribution in [-0.2, 0) is 9.59 Å². The standard InChI is InChI=1S/C21H18BrCl2N3O2S/c1-3-26(4-2)16-9-8-12(11-14(16)22)10-13-19(28)25-21(30)27(20(13)29)17-7-5-6-15(23)18(17)24/h5-11H,3-4H2,1-2H3,(H,25,28,30)/b13-10+. The van der Waals surface area contributed by atoms with Gasteiger partial charge in [0.05, 0.1) is 21.4 Å². The van der Waals surface area contributed by atoms with Crippen LogP contribution in [0.1, 0.15) is 19.4 Å². The van der Waals surface area contributed by atoms with Crippen molar-refractivity contribution in [2.75, 3.05) is 22.9 Å². The number of carbonyl (C=O) groups is 2. The summed E-state index contributed by atoms with van der Waals surface area (Å²) < 4.78 is 0.870. The van der Waals surface area contributed by atoms with E-state index in [4.69, 9.17) is 35.4 Å². The van der Waals surface area contributed by atoms with Crippen molar-refractivity contribution in [3.63, 3.8) is 0 Å². The van der Waals surface area contributed by atoms with Crippen LogP contribution in [0.2, 0.25) is 10.0 Å². The summed E-state index contributed by atoms with van der Waals surface area (Å²) in [7, 11) is 0. The van der Waals surface area contributed by atoms with E-state index in [0.717, 1.165) is 23.2 Å². The van der Waals surface area contributed by atoms with Crippen LogP contribution in [0, 0.1) is 0 Å². The molecule has 0 aromatic heterocycles. The zero-order valence-electron chi connectivity index (χ0n) is 16.2. The number of hydrogen-bond donors (Lipinski definition) is 1. The van der Waals surface area contributed by atoms with Crippen molar-refractivity contribution in [2.45, 2.75) is 13.8 Å². The number of benzene rings is 2. The number of carbonyl (C=O) groups excluding carboxylic acids is 2. The van der Waals surface area contributed by atoms with E-state index in [1.54, 1.807) is 18.2 Å². The summed E-state index contributed by atoms with van der Waals surface area (Å²) >= 11 is 21.1. The van der Waals surface area contributed by atoms with Crippen molar-refractivity contribution in [1.82, 2.24) is 5.32 Å². The number of nitrogens with zero attached hydrogens (tertiary/aromatic N) is 2. The van der Waals surface area contributed by atoms with Crippen molar-refractivity contribution < 1.29 is 9.59 Å². The second-order valence-electron chi connectivity index (χ2n) is 6.41. The first-order chi connectivity index (χ1) is 14.3. The Morgan fingerprint density at radius 1 is 1.17 bits per heavy atom. The Balaban J connectivity index is 2.01. The van der Waals surface area contributed by atoms with Crippen molar-refractivity contribution in [3.05, 3.63) is 62.1 Å². The minimum atomic E-state index is -0.572. The molecule has 156 valence electrons. The third-order valence-corrected chi connectivity index (χ3v) is 6.39. The molecular formula is C21H18BrCl2N3O2S. The fourth-order valence-corrected chi connectivity index (χ4v) is 4.44. The minimum absolute atomic E-state index is 0.0515. The molecular weight excluding hydrogens is 509 g/mol. The molecule has 1 saturated heterocycles. The lowest BCUT2D eigenvalue weighted by Crippen LogP contribution is -2.54. The highest BCUT2D eigenvalue weighted by atomic mass is 79.9. The summed E-state index contributed by atoms with van der Waals surface area (Å²) in [4.78, 5) is 29.0. The van der Waals surface area contributed by atoms with Crippen LogP contribution < -0.4 is 15.1 Å². The van der Waals surface area contributed by atoms with Gasteiger partial charge >= 0.3 is 0 Å². The molecule has 1 heterocycles. The molecule has 0 spiro atoms. The lowest BCUT2D eigenvalue weighted by Gasteiger charge is -2.29. The van der Waals surface area contributed by atoms with Crippen LogP contribution in [-0.4, -0.2) is 30.0 Å². The van der Waals surface area contributed by atoms with E-state index in [9.17, 15) is 9.59 Å². The predicted octanol–water partition coefficient (Wildman–Crippen LogP) is 5.43. The van der Waals surface area contributed by atoms with Gasteiger partial charge in [0.25, 0.3) is 11.8 Å². The molecule has 5 nitrogen and oxygen atoms in total. The van der Waals surface area contributed by atoms with E-state index in [2.05, 4.69) is 40.0 Å². The highest BCUT2D eigenvalue weighted by molar-refractivity contribution is 9.10. The van der Waals surface area contributed by atoms with E-state index >= 15 is 0 Å². The van der Waals surface area contributed by atoms with Gasteiger partial charge in [-0.2, -0.15) is 0 Å². The van der Waals surface area contributed by atoms with Gasteiger partial charge in [-0.25, -0.2) is 0 Å². The molecule has 1 N–H and O–H groups in total. The van der Waals surface area contributed by atoms with Gasteiger partial charge in [0.1, 0.15) is 5.57 Å². The number of rotatable bonds is 5. The molecule has 0 saturated carbocycles. The molecule has 30 heavy (non-hydrogen) atoms. The van der Waals surface area contributed by atoms with Gasteiger partial charge in [-0.3, -0.25) is 19.8 Å². The van der Waals surface area contributed by atoms with Crippen LogP contribution in [0.15, 0.2) is 46.4 Å². The van der Waals surface area contributed by atoms with Crippen molar-refractivity contribution >= 4 is 85.7 Å². The van der Waals surface area contributed by atoms with Gasteiger partial charge in [-0.1, -0.05) is 35.3 Å². The Bertz CT molecular complexity index is 1070. The van der Waals surface area contributed by atoms with Crippen LogP contribution in [0.3, 0.4) is 0 Å². The van der Waals surface area contributed by atoms with Gasteiger partial charge in [-0.05, 0) is 77.9 Å². The number of hydrogen-bond acceptors (Lipinski definition) is 4. The van der Waals surface area contributed by atoms with Gasteiger partial charge in [0, 0.05) is 17.6 Å². The summed E-state index contributed by atoms with van der Waals surface area (Å²) in [5, 5.41) is 2.95. The number of halogens is 3. The zero-order valence-corrected chi connectivity index (χ0v) is 20.1. The van der Waals surface area contributed by atoms with Crippen molar-refractivity contribution in [1.29, 1.82) is 0 Å². The van der Waals surface area contributed by atoms with Crippen molar-refractivity contribution in [2.24, 2.45) is 0 Å². The third-order valence-electron chi connectivity index (χ3n) is 4.66.